The molecule has 1 aromatic heterocycles. The molecule has 0 bridgehead atoms. The van der Waals surface area contributed by atoms with Crippen LogP contribution in [-0.4, -0.2) is 21.7 Å². The number of hydrogen-bond donors (Lipinski definition) is 3. The van der Waals surface area contributed by atoms with Crippen molar-refractivity contribution in [3.63, 3.8) is 0 Å². The summed E-state index contributed by atoms with van der Waals surface area (Å²) >= 11 is 0. The van der Waals surface area contributed by atoms with Crippen LogP contribution in [0.4, 0.5) is 5.82 Å². The summed E-state index contributed by atoms with van der Waals surface area (Å²) in [6, 6.07) is 0. The van der Waals surface area contributed by atoms with Crippen LogP contribution in [0.15, 0.2) is 9.59 Å². The van der Waals surface area contributed by atoms with Gasteiger partial charge in [0.25, 0.3) is 5.56 Å². The Hall–Kier alpha value is -1.59. The van der Waals surface area contributed by atoms with E-state index in [0.29, 0.717) is 5.41 Å². The minimum absolute atomic E-state index is 0.178. The van der Waals surface area contributed by atoms with Gasteiger partial charge in [-0.1, -0.05) is 6.92 Å². The highest BCUT2D eigenvalue weighted by atomic mass is 16.2. The molecule has 0 saturated heterocycles. The molecule has 0 amide bonds. The number of rotatable bonds is 3. The largest absolute Gasteiger partial charge is 0.364 e. The number of nitrogens with one attached hydrogen (secondary N) is 3. The lowest BCUT2D eigenvalue weighted by atomic mass is 10.1. The molecule has 0 radical (unpaired) electrons. The molecule has 1 heterocycles. The third-order valence-corrected chi connectivity index (χ3v) is 2.50. The van der Waals surface area contributed by atoms with Gasteiger partial charge in [-0.05, 0) is 18.3 Å². The van der Waals surface area contributed by atoms with Crippen molar-refractivity contribution in [2.24, 2.45) is 5.41 Å². The van der Waals surface area contributed by atoms with Crippen LogP contribution in [0.2, 0.25) is 0 Å². The summed E-state index contributed by atoms with van der Waals surface area (Å²) < 4.78 is 0. The zero-order valence-corrected chi connectivity index (χ0v) is 7.89. The molecule has 14 heavy (non-hydrogen) atoms. The van der Waals surface area contributed by atoms with E-state index >= 15 is 0 Å². The fraction of sp³-hybridized carbons (Fsp3) is 0.625. The fourth-order valence-electron chi connectivity index (χ4n) is 1.15. The normalized spacial score (nSPS) is 17.8. The summed E-state index contributed by atoms with van der Waals surface area (Å²) in [5.74, 6) is 0.178. The SMILES string of the molecule is CC1(CNc2n[nH]c(=O)[nH]c2=O)CC1. The number of anilines is 1. The van der Waals surface area contributed by atoms with Crippen molar-refractivity contribution in [3.05, 3.63) is 20.8 Å². The second kappa shape index (κ2) is 2.97. The standard InChI is InChI=1S/C8H12N4O2/c1-8(2-3-8)4-9-5-6(13)10-7(14)12-11-5/h2-4H2,1H3,(H,9,11)(H2,10,12,13,14). The number of H-pyrrole nitrogens is 2. The van der Waals surface area contributed by atoms with Crippen LogP contribution < -0.4 is 16.6 Å². The second-order valence-electron chi connectivity index (χ2n) is 4.02. The predicted octanol–water partition coefficient (Wildman–Crippen LogP) is -0.330. The maximum atomic E-state index is 11.2. The first-order valence-electron chi connectivity index (χ1n) is 4.52. The number of hydrogen-bond acceptors (Lipinski definition) is 4. The Morgan fingerprint density at radius 2 is 2.21 bits per heavy atom. The molecule has 0 unspecified atom stereocenters. The smallest absolute Gasteiger partial charge is 0.342 e. The van der Waals surface area contributed by atoms with Crippen molar-refractivity contribution in [2.45, 2.75) is 19.8 Å². The van der Waals surface area contributed by atoms with E-state index in [4.69, 9.17) is 0 Å². The Bertz CT molecular complexity index is 443. The summed E-state index contributed by atoms with van der Waals surface area (Å²) in [5.41, 5.74) is -0.763. The first-order chi connectivity index (χ1) is 6.59. The van der Waals surface area contributed by atoms with Gasteiger partial charge in [0, 0.05) is 6.54 Å². The maximum absolute atomic E-state index is 11.2. The second-order valence-corrected chi connectivity index (χ2v) is 4.02. The Morgan fingerprint density at radius 3 is 2.79 bits per heavy atom. The van der Waals surface area contributed by atoms with Crippen LogP contribution in [0.5, 0.6) is 0 Å². The Morgan fingerprint density at radius 1 is 1.50 bits per heavy atom. The van der Waals surface area contributed by atoms with Gasteiger partial charge >= 0.3 is 5.69 Å². The summed E-state index contributed by atoms with van der Waals surface area (Å²) in [5, 5.41) is 8.71. The molecule has 2 rings (SSSR count). The van der Waals surface area contributed by atoms with Gasteiger partial charge in [0.1, 0.15) is 0 Å². The Labute approximate surface area is 79.8 Å². The molecule has 6 nitrogen and oxygen atoms in total. The van der Waals surface area contributed by atoms with E-state index in [9.17, 15) is 9.59 Å². The lowest BCUT2D eigenvalue weighted by Crippen LogP contribution is -2.28. The van der Waals surface area contributed by atoms with Gasteiger partial charge in [0.05, 0.1) is 0 Å². The topological polar surface area (TPSA) is 90.6 Å². The molecule has 1 saturated carbocycles. The molecule has 1 aromatic rings. The zero-order valence-electron chi connectivity index (χ0n) is 7.89. The molecule has 1 fully saturated rings. The third-order valence-electron chi connectivity index (χ3n) is 2.50. The van der Waals surface area contributed by atoms with Crippen LogP contribution in [0.3, 0.4) is 0 Å². The molecule has 0 aromatic carbocycles. The Kier molecular flexibility index (Phi) is 1.90. The van der Waals surface area contributed by atoms with Gasteiger partial charge in [0.2, 0.25) is 5.82 Å². The molecule has 0 spiro atoms. The molecule has 0 aliphatic heterocycles. The van der Waals surface area contributed by atoms with Gasteiger partial charge in [-0.2, -0.15) is 0 Å². The fourth-order valence-corrected chi connectivity index (χ4v) is 1.15. The minimum atomic E-state index is -0.585. The van der Waals surface area contributed by atoms with E-state index in [2.05, 4.69) is 27.4 Å². The molecule has 3 N–H and O–H groups in total. The van der Waals surface area contributed by atoms with Gasteiger partial charge < -0.3 is 5.32 Å². The van der Waals surface area contributed by atoms with Crippen LogP contribution in [0.1, 0.15) is 19.8 Å². The van der Waals surface area contributed by atoms with Crippen molar-refractivity contribution in [2.75, 3.05) is 11.9 Å². The quantitative estimate of drug-likeness (QED) is 0.617. The number of aromatic amines is 2. The molecule has 1 aliphatic rings. The third kappa shape index (κ3) is 1.84. The van der Waals surface area contributed by atoms with E-state index in [1.54, 1.807) is 0 Å². The van der Waals surface area contributed by atoms with E-state index in [0.717, 1.165) is 6.54 Å². The van der Waals surface area contributed by atoms with Crippen molar-refractivity contribution in [1.82, 2.24) is 15.2 Å². The maximum Gasteiger partial charge on any atom is 0.342 e. The van der Waals surface area contributed by atoms with E-state index < -0.39 is 11.2 Å². The van der Waals surface area contributed by atoms with E-state index in [1.807, 2.05) is 0 Å². The van der Waals surface area contributed by atoms with Gasteiger partial charge in [-0.3, -0.25) is 9.78 Å². The van der Waals surface area contributed by atoms with Crippen LogP contribution >= 0.6 is 0 Å². The molecule has 1 aliphatic carbocycles. The summed E-state index contributed by atoms with van der Waals surface area (Å²) in [6.07, 6.45) is 2.34. The number of nitrogens with zero attached hydrogens (tertiary/aromatic N) is 1. The zero-order chi connectivity index (χ0) is 10.2. The van der Waals surface area contributed by atoms with E-state index in [1.165, 1.54) is 12.8 Å². The van der Waals surface area contributed by atoms with Crippen molar-refractivity contribution >= 4 is 5.82 Å². The van der Waals surface area contributed by atoms with Crippen LogP contribution in [-0.2, 0) is 0 Å². The molecule has 76 valence electrons. The van der Waals surface area contributed by atoms with Gasteiger partial charge in [0.15, 0.2) is 0 Å². The monoisotopic (exact) mass is 196 g/mol. The molecular formula is C8H12N4O2. The predicted molar refractivity (Wildman–Crippen MR) is 51.3 cm³/mol. The van der Waals surface area contributed by atoms with Crippen LogP contribution in [0.25, 0.3) is 0 Å². The lowest BCUT2D eigenvalue weighted by Gasteiger charge is -2.08. The summed E-state index contributed by atoms with van der Waals surface area (Å²) in [4.78, 5) is 23.9. The molecular weight excluding hydrogens is 184 g/mol. The summed E-state index contributed by atoms with van der Waals surface area (Å²) in [6.45, 7) is 2.86. The summed E-state index contributed by atoms with van der Waals surface area (Å²) in [7, 11) is 0. The molecule has 6 heteroatoms. The minimum Gasteiger partial charge on any atom is -0.364 e. The van der Waals surface area contributed by atoms with Crippen LogP contribution in [0, 0.1) is 5.41 Å². The highest BCUT2D eigenvalue weighted by molar-refractivity contribution is 5.29. The first-order valence-corrected chi connectivity index (χ1v) is 4.52. The average Bonchev–Trinajstić information content (AvgIpc) is 2.83. The molecule has 0 atom stereocenters. The van der Waals surface area contributed by atoms with Gasteiger partial charge in [-0.25, -0.2) is 9.89 Å². The average molecular weight is 196 g/mol. The number of aromatic nitrogens is 3. The van der Waals surface area contributed by atoms with Crippen molar-refractivity contribution in [3.8, 4) is 0 Å². The van der Waals surface area contributed by atoms with Gasteiger partial charge in [-0.15, -0.1) is 5.10 Å². The highest BCUT2D eigenvalue weighted by Crippen LogP contribution is 2.44. The first kappa shape index (κ1) is 8.98. The Balaban J connectivity index is 2.09. The highest BCUT2D eigenvalue weighted by Gasteiger charge is 2.37. The van der Waals surface area contributed by atoms with Crippen molar-refractivity contribution < 1.29 is 0 Å². The van der Waals surface area contributed by atoms with Crippen molar-refractivity contribution in [1.29, 1.82) is 0 Å². The van der Waals surface area contributed by atoms with E-state index in [-0.39, 0.29) is 5.82 Å². The lowest BCUT2D eigenvalue weighted by molar-refractivity contribution is 0.607.